The number of furan rings is 1. The molecule has 1 atom stereocenters. The molecule has 1 aromatic heterocycles. The highest BCUT2D eigenvalue weighted by molar-refractivity contribution is 5.19. The topological polar surface area (TPSA) is 48.4 Å². The van der Waals surface area contributed by atoms with Crippen LogP contribution in [0.25, 0.3) is 0 Å². The van der Waals surface area contributed by atoms with Crippen molar-refractivity contribution >= 4 is 0 Å². The molecule has 104 valence electrons. The fourth-order valence-corrected chi connectivity index (χ4v) is 2.07. The molecule has 0 aliphatic heterocycles. The lowest BCUT2D eigenvalue weighted by Crippen LogP contribution is -2.09. The molecule has 1 heterocycles. The quantitative estimate of drug-likeness (QED) is 0.728. The third kappa shape index (κ3) is 4.83. The molecule has 0 saturated heterocycles. The van der Waals surface area contributed by atoms with Crippen LogP contribution >= 0.6 is 0 Å². The second-order valence-corrected chi connectivity index (χ2v) is 4.93. The second-order valence-electron chi connectivity index (χ2n) is 4.93. The van der Waals surface area contributed by atoms with E-state index in [1.165, 1.54) is 25.7 Å². The summed E-state index contributed by atoms with van der Waals surface area (Å²) < 4.78 is 11.3. The summed E-state index contributed by atoms with van der Waals surface area (Å²) in [4.78, 5) is 0. The van der Waals surface area contributed by atoms with Gasteiger partial charge >= 0.3 is 0 Å². The van der Waals surface area contributed by atoms with Crippen LogP contribution in [0.4, 0.5) is 0 Å². The molecule has 0 saturated carbocycles. The monoisotopic (exact) mass is 253 g/mol. The molecule has 1 rings (SSSR count). The maximum absolute atomic E-state index is 5.81. The van der Waals surface area contributed by atoms with Gasteiger partial charge in [-0.2, -0.15) is 0 Å². The first-order chi connectivity index (χ1) is 8.71. The number of rotatable bonds is 9. The van der Waals surface area contributed by atoms with E-state index in [4.69, 9.17) is 14.9 Å². The van der Waals surface area contributed by atoms with Gasteiger partial charge < -0.3 is 14.9 Å². The van der Waals surface area contributed by atoms with E-state index in [0.717, 1.165) is 23.7 Å². The van der Waals surface area contributed by atoms with Gasteiger partial charge in [0.15, 0.2) is 0 Å². The van der Waals surface area contributed by atoms with Crippen LogP contribution in [0.2, 0.25) is 0 Å². The van der Waals surface area contributed by atoms with E-state index in [1.54, 1.807) is 0 Å². The van der Waals surface area contributed by atoms with E-state index in [1.807, 2.05) is 13.0 Å². The normalized spacial score (nSPS) is 12.9. The van der Waals surface area contributed by atoms with Gasteiger partial charge in [-0.15, -0.1) is 0 Å². The van der Waals surface area contributed by atoms with Crippen molar-refractivity contribution in [2.24, 2.45) is 11.7 Å². The number of nitrogens with two attached hydrogens (primary N) is 1. The summed E-state index contributed by atoms with van der Waals surface area (Å²) >= 11 is 0. The molecular weight excluding hydrogens is 226 g/mol. The van der Waals surface area contributed by atoms with Gasteiger partial charge in [0.25, 0.3) is 0 Å². The van der Waals surface area contributed by atoms with Crippen molar-refractivity contribution in [2.45, 2.75) is 59.6 Å². The van der Waals surface area contributed by atoms with Crippen molar-refractivity contribution in [1.82, 2.24) is 0 Å². The molecule has 0 amide bonds. The number of aryl methyl sites for hydroxylation is 1. The Morgan fingerprint density at radius 2 is 2.17 bits per heavy atom. The van der Waals surface area contributed by atoms with E-state index in [2.05, 4.69) is 13.8 Å². The molecular formula is C15H27NO2. The summed E-state index contributed by atoms with van der Waals surface area (Å²) in [7, 11) is 0. The SMILES string of the molecule is CCCCC(CC)COCc1cc(CN)oc1C. The third-order valence-electron chi connectivity index (χ3n) is 3.43. The van der Waals surface area contributed by atoms with Crippen molar-refractivity contribution in [3.63, 3.8) is 0 Å². The highest BCUT2D eigenvalue weighted by atomic mass is 16.5. The molecule has 0 aromatic carbocycles. The van der Waals surface area contributed by atoms with Crippen LogP contribution in [-0.2, 0) is 17.9 Å². The highest BCUT2D eigenvalue weighted by Crippen LogP contribution is 2.17. The average molecular weight is 253 g/mol. The van der Waals surface area contributed by atoms with Crippen molar-refractivity contribution in [3.05, 3.63) is 23.2 Å². The lowest BCUT2D eigenvalue weighted by molar-refractivity contribution is 0.0812. The Morgan fingerprint density at radius 3 is 2.72 bits per heavy atom. The summed E-state index contributed by atoms with van der Waals surface area (Å²) in [5.41, 5.74) is 6.68. The van der Waals surface area contributed by atoms with E-state index >= 15 is 0 Å². The molecule has 0 fully saturated rings. The Labute approximate surface area is 111 Å². The molecule has 1 aromatic rings. The Bertz CT molecular complexity index is 333. The average Bonchev–Trinajstić information content (AvgIpc) is 2.74. The van der Waals surface area contributed by atoms with Gasteiger partial charge in [0.1, 0.15) is 11.5 Å². The van der Waals surface area contributed by atoms with Crippen LogP contribution in [0.15, 0.2) is 10.5 Å². The number of ether oxygens (including phenoxy) is 1. The van der Waals surface area contributed by atoms with Gasteiger partial charge in [0.2, 0.25) is 0 Å². The van der Waals surface area contributed by atoms with Crippen molar-refractivity contribution in [3.8, 4) is 0 Å². The Balaban J connectivity index is 2.33. The molecule has 3 nitrogen and oxygen atoms in total. The minimum Gasteiger partial charge on any atom is -0.465 e. The van der Waals surface area contributed by atoms with Gasteiger partial charge in [-0.05, 0) is 25.3 Å². The number of hydrogen-bond donors (Lipinski definition) is 1. The number of unbranched alkanes of at least 4 members (excludes halogenated alkanes) is 1. The molecule has 0 bridgehead atoms. The molecule has 0 radical (unpaired) electrons. The van der Waals surface area contributed by atoms with E-state index in [9.17, 15) is 0 Å². The first-order valence-electron chi connectivity index (χ1n) is 7.07. The Morgan fingerprint density at radius 1 is 1.39 bits per heavy atom. The Kier molecular flexibility index (Phi) is 7.06. The summed E-state index contributed by atoms with van der Waals surface area (Å²) in [5.74, 6) is 2.45. The van der Waals surface area contributed by atoms with Crippen LogP contribution in [0, 0.1) is 12.8 Å². The predicted octanol–water partition coefficient (Wildman–Crippen LogP) is 3.78. The molecule has 1 unspecified atom stereocenters. The van der Waals surface area contributed by atoms with Gasteiger partial charge in [-0.1, -0.05) is 33.1 Å². The molecule has 3 heteroatoms. The molecule has 2 N–H and O–H groups in total. The van der Waals surface area contributed by atoms with Gasteiger partial charge in [0, 0.05) is 12.2 Å². The Hall–Kier alpha value is -0.800. The van der Waals surface area contributed by atoms with Crippen LogP contribution in [0.5, 0.6) is 0 Å². The zero-order valence-electron chi connectivity index (χ0n) is 12.0. The summed E-state index contributed by atoms with van der Waals surface area (Å²) in [6.07, 6.45) is 5.02. The summed E-state index contributed by atoms with van der Waals surface area (Å²) in [5, 5.41) is 0. The largest absolute Gasteiger partial charge is 0.465 e. The second kappa shape index (κ2) is 8.33. The van der Waals surface area contributed by atoms with Crippen LogP contribution in [0.3, 0.4) is 0 Å². The van der Waals surface area contributed by atoms with Crippen LogP contribution in [0.1, 0.15) is 56.6 Å². The smallest absolute Gasteiger partial charge is 0.118 e. The summed E-state index contributed by atoms with van der Waals surface area (Å²) in [6, 6.07) is 2.00. The first-order valence-corrected chi connectivity index (χ1v) is 7.07. The van der Waals surface area contributed by atoms with Crippen molar-refractivity contribution in [1.29, 1.82) is 0 Å². The molecule has 0 spiro atoms. The predicted molar refractivity (Wildman–Crippen MR) is 74.3 cm³/mol. The van der Waals surface area contributed by atoms with Gasteiger partial charge in [0.05, 0.1) is 13.2 Å². The molecule has 0 aliphatic carbocycles. The lowest BCUT2D eigenvalue weighted by atomic mass is 10.0. The zero-order valence-corrected chi connectivity index (χ0v) is 12.0. The first kappa shape index (κ1) is 15.3. The maximum Gasteiger partial charge on any atom is 0.118 e. The standard InChI is InChI=1S/C15H27NO2/c1-4-6-7-13(5-2)10-17-11-14-8-15(9-16)18-12(14)3/h8,13H,4-7,9-11,16H2,1-3H3. The van der Waals surface area contributed by atoms with Crippen LogP contribution < -0.4 is 5.73 Å². The summed E-state index contributed by atoms with van der Waals surface area (Å²) in [6.45, 7) is 8.37. The van der Waals surface area contributed by atoms with E-state index < -0.39 is 0 Å². The zero-order chi connectivity index (χ0) is 13.4. The number of hydrogen-bond acceptors (Lipinski definition) is 3. The van der Waals surface area contributed by atoms with Crippen LogP contribution in [-0.4, -0.2) is 6.61 Å². The van der Waals surface area contributed by atoms with Gasteiger partial charge in [-0.25, -0.2) is 0 Å². The minimum absolute atomic E-state index is 0.453. The minimum atomic E-state index is 0.453. The highest BCUT2D eigenvalue weighted by Gasteiger charge is 2.09. The van der Waals surface area contributed by atoms with E-state index in [-0.39, 0.29) is 0 Å². The van der Waals surface area contributed by atoms with Gasteiger partial charge in [-0.3, -0.25) is 0 Å². The fourth-order valence-electron chi connectivity index (χ4n) is 2.07. The third-order valence-corrected chi connectivity index (χ3v) is 3.43. The van der Waals surface area contributed by atoms with E-state index in [0.29, 0.717) is 19.1 Å². The van der Waals surface area contributed by atoms with Crippen molar-refractivity contribution < 1.29 is 9.15 Å². The fraction of sp³-hybridized carbons (Fsp3) is 0.733. The lowest BCUT2D eigenvalue weighted by Gasteiger charge is -2.14. The van der Waals surface area contributed by atoms with Crippen molar-refractivity contribution in [2.75, 3.05) is 6.61 Å². The molecule has 0 aliphatic rings. The molecule has 18 heavy (non-hydrogen) atoms. The maximum atomic E-state index is 5.81.